The summed E-state index contributed by atoms with van der Waals surface area (Å²) < 4.78 is 12.3. The zero-order chi connectivity index (χ0) is 16.8. The molecule has 1 N–H and O–H groups in total. The van der Waals surface area contributed by atoms with Crippen molar-refractivity contribution < 1.29 is 14.3 Å². The Labute approximate surface area is 156 Å². The molecule has 23 heavy (non-hydrogen) atoms. The first-order valence-corrected chi connectivity index (χ1v) is 8.43. The third kappa shape index (κ3) is 4.68. The fourth-order valence-corrected chi connectivity index (χ4v) is 2.90. The van der Waals surface area contributed by atoms with Crippen LogP contribution in [0.4, 0.5) is 0 Å². The first-order valence-electron chi connectivity index (χ1n) is 6.55. The minimum Gasteiger partial charge on any atom is -0.496 e. The molecule has 0 aliphatic heterocycles. The summed E-state index contributed by atoms with van der Waals surface area (Å²) in [5.74, 6) is 0.977. The Balaban J connectivity index is 2.14. The van der Waals surface area contributed by atoms with Gasteiger partial charge in [0.2, 0.25) is 0 Å². The Morgan fingerprint density at radius 1 is 1.22 bits per heavy atom. The monoisotopic (exact) mass is 488 g/mol. The Morgan fingerprint density at radius 3 is 2.61 bits per heavy atom. The van der Waals surface area contributed by atoms with Gasteiger partial charge in [-0.25, -0.2) is 5.43 Å². The Hall–Kier alpha value is -1.61. The van der Waals surface area contributed by atoms with Gasteiger partial charge in [0.05, 0.1) is 24.9 Å². The summed E-state index contributed by atoms with van der Waals surface area (Å²) in [6.07, 6.45) is 1.52. The fourth-order valence-electron chi connectivity index (χ4n) is 1.84. The molecule has 1 amide bonds. The zero-order valence-electron chi connectivity index (χ0n) is 12.5. The van der Waals surface area contributed by atoms with Gasteiger partial charge in [0.15, 0.2) is 0 Å². The van der Waals surface area contributed by atoms with Gasteiger partial charge >= 0.3 is 0 Å². The number of amides is 1. The van der Waals surface area contributed by atoms with Crippen LogP contribution in [0.3, 0.4) is 0 Å². The van der Waals surface area contributed by atoms with E-state index in [0.29, 0.717) is 22.6 Å². The van der Waals surface area contributed by atoms with Gasteiger partial charge in [-0.15, -0.1) is 0 Å². The molecule has 0 aliphatic carbocycles. The topological polar surface area (TPSA) is 59.9 Å². The third-order valence-electron chi connectivity index (χ3n) is 2.96. The summed E-state index contributed by atoms with van der Waals surface area (Å²) in [6, 6.07) is 10.8. The molecule has 2 aromatic carbocycles. The maximum absolute atomic E-state index is 12.0. The molecule has 120 valence electrons. The summed E-state index contributed by atoms with van der Waals surface area (Å²) >= 11 is 5.56. The molecular weight excluding hydrogens is 475 g/mol. The molecule has 0 heterocycles. The first kappa shape index (κ1) is 17.7. The summed E-state index contributed by atoms with van der Waals surface area (Å²) in [7, 11) is 3.14. The van der Waals surface area contributed by atoms with Crippen LogP contribution in [-0.4, -0.2) is 26.3 Å². The second-order valence-electron chi connectivity index (χ2n) is 4.44. The van der Waals surface area contributed by atoms with E-state index >= 15 is 0 Å². The highest BCUT2D eigenvalue weighted by atomic mass is 127. The zero-order valence-corrected chi connectivity index (χ0v) is 16.2. The number of carbonyl (C=O) groups is 1. The average molecular weight is 489 g/mol. The lowest BCUT2D eigenvalue weighted by Gasteiger charge is -2.09. The molecule has 0 saturated heterocycles. The molecule has 0 aliphatic rings. The van der Waals surface area contributed by atoms with Crippen LogP contribution in [0.5, 0.6) is 11.5 Å². The van der Waals surface area contributed by atoms with Crippen molar-refractivity contribution in [2.24, 2.45) is 5.10 Å². The smallest absolute Gasteiger partial charge is 0.271 e. The Morgan fingerprint density at radius 2 is 1.96 bits per heavy atom. The van der Waals surface area contributed by atoms with Crippen molar-refractivity contribution in [1.82, 2.24) is 5.43 Å². The molecule has 2 aromatic rings. The van der Waals surface area contributed by atoms with Crippen molar-refractivity contribution in [3.63, 3.8) is 0 Å². The van der Waals surface area contributed by atoms with E-state index in [9.17, 15) is 4.79 Å². The van der Waals surface area contributed by atoms with E-state index in [0.717, 1.165) is 8.04 Å². The minimum absolute atomic E-state index is 0.272. The number of nitrogens with zero attached hydrogens (tertiary/aromatic N) is 1. The number of carbonyl (C=O) groups excluding carboxylic acids is 1. The maximum atomic E-state index is 12.0. The molecule has 0 unspecified atom stereocenters. The lowest BCUT2D eigenvalue weighted by molar-refractivity contribution is 0.0955. The highest BCUT2D eigenvalue weighted by Gasteiger charge is 2.08. The van der Waals surface area contributed by atoms with Gasteiger partial charge in [-0.2, -0.15) is 5.10 Å². The number of hydrogen-bond donors (Lipinski definition) is 1. The lowest BCUT2D eigenvalue weighted by Crippen LogP contribution is -2.17. The number of benzene rings is 2. The second-order valence-corrected chi connectivity index (χ2v) is 6.54. The van der Waals surface area contributed by atoms with Crippen LogP contribution in [0.2, 0.25) is 0 Å². The van der Waals surface area contributed by atoms with Crippen LogP contribution < -0.4 is 14.9 Å². The van der Waals surface area contributed by atoms with E-state index in [1.165, 1.54) is 6.21 Å². The SMILES string of the molecule is COc1cc(OC)c(/C=N\NC(=O)c2cccc(I)c2)cc1Br. The van der Waals surface area contributed by atoms with E-state index in [-0.39, 0.29) is 5.91 Å². The number of halogens is 2. The molecule has 0 atom stereocenters. The Bertz CT molecular complexity index is 750. The van der Waals surface area contributed by atoms with Crippen LogP contribution >= 0.6 is 38.5 Å². The van der Waals surface area contributed by atoms with Gasteiger partial charge in [-0.1, -0.05) is 6.07 Å². The molecule has 0 radical (unpaired) electrons. The minimum atomic E-state index is -0.272. The predicted octanol–water partition coefficient (Wildman–Crippen LogP) is 3.83. The van der Waals surface area contributed by atoms with Crippen molar-refractivity contribution in [3.8, 4) is 11.5 Å². The molecule has 5 nitrogen and oxygen atoms in total. The number of rotatable bonds is 5. The van der Waals surface area contributed by atoms with Crippen molar-refractivity contribution >= 4 is 50.6 Å². The molecule has 2 rings (SSSR count). The predicted molar refractivity (Wildman–Crippen MR) is 101 cm³/mol. The van der Waals surface area contributed by atoms with Gasteiger partial charge in [0.1, 0.15) is 11.5 Å². The van der Waals surface area contributed by atoms with E-state index in [1.54, 1.807) is 38.5 Å². The summed E-state index contributed by atoms with van der Waals surface area (Å²) in [5.41, 5.74) is 3.76. The first-order chi connectivity index (χ1) is 11.0. The van der Waals surface area contributed by atoms with Gasteiger partial charge in [-0.3, -0.25) is 4.79 Å². The highest BCUT2D eigenvalue weighted by Crippen LogP contribution is 2.31. The van der Waals surface area contributed by atoms with Gasteiger partial charge in [0.25, 0.3) is 5.91 Å². The number of hydrazone groups is 1. The van der Waals surface area contributed by atoms with Crippen LogP contribution in [0, 0.1) is 3.57 Å². The van der Waals surface area contributed by atoms with Gasteiger partial charge in [0, 0.05) is 20.8 Å². The van der Waals surface area contributed by atoms with E-state index in [2.05, 4.69) is 49.0 Å². The normalized spacial score (nSPS) is 10.6. The number of methoxy groups -OCH3 is 2. The fraction of sp³-hybridized carbons (Fsp3) is 0.125. The standard InChI is InChI=1S/C16H14BrIN2O3/c1-22-14-8-15(23-2)13(17)7-11(14)9-19-20-16(21)10-4-3-5-12(18)6-10/h3-9H,1-2H3,(H,20,21)/b19-9-. The molecule has 0 saturated carbocycles. The number of nitrogens with one attached hydrogen (secondary N) is 1. The van der Waals surface area contributed by atoms with Crippen molar-refractivity contribution in [2.45, 2.75) is 0 Å². The Kier molecular flexibility index (Phi) is 6.40. The van der Waals surface area contributed by atoms with E-state index in [4.69, 9.17) is 9.47 Å². The lowest BCUT2D eigenvalue weighted by atomic mass is 10.2. The second kappa shape index (κ2) is 8.30. The molecular formula is C16H14BrIN2O3. The highest BCUT2D eigenvalue weighted by molar-refractivity contribution is 14.1. The number of ether oxygens (including phenoxy) is 2. The van der Waals surface area contributed by atoms with Gasteiger partial charge < -0.3 is 9.47 Å². The molecule has 0 spiro atoms. The van der Waals surface area contributed by atoms with Crippen molar-refractivity contribution in [3.05, 3.63) is 55.6 Å². The maximum Gasteiger partial charge on any atom is 0.271 e. The average Bonchev–Trinajstić information content (AvgIpc) is 2.55. The van der Waals surface area contributed by atoms with Crippen LogP contribution in [0.25, 0.3) is 0 Å². The molecule has 0 fully saturated rings. The quantitative estimate of drug-likeness (QED) is 0.395. The summed E-state index contributed by atoms with van der Waals surface area (Å²) in [6.45, 7) is 0. The van der Waals surface area contributed by atoms with Crippen LogP contribution in [-0.2, 0) is 0 Å². The van der Waals surface area contributed by atoms with Gasteiger partial charge in [-0.05, 0) is 62.8 Å². The summed E-state index contributed by atoms with van der Waals surface area (Å²) in [4.78, 5) is 12.0. The molecule has 0 aromatic heterocycles. The summed E-state index contributed by atoms with van der Waals surface area (Å²) in [5, 5.41) is 3.98. The molecule has 7 heteroatoms. The van der Waals surface area contributed by atoms with Crippen LogP contribution in [0.1, 0.15) is 15.9 Å². The van der Waals surface area contributed by atoms with E-state index < -0.39 is 0 Å². The van der Waals surface area contributed by atoms with Crippen molar-refractivity contribution in [2.75, 3.05) is 14.2 Å². The third-order valence-corrected chi connectivity index (χ3v) is 4.25. The number of hydrogen-bond acceptors (Lipinski definition) is 4. The van der Waals surface area contributed by atoms with Crippen molar-refractivity contribution in [1.29, 1.82) is 0 Å². The van der Waals surface area contributed by atoms with Crippen LogP contribution in [0.15, 0.2) is 46.0 Å². The largest absolute Gasteiger partial charge is 0.496 e. The van der Waals surface area contributed by atoms with E-state index in [1.807, 2.05) is 12.1 Å². The molecule has 0 bridgehead atoms.